The van der Waals surface area contributed by atoms with Crippen LogP contribution < -0.4 is 10.6 Å². The zero-order valence-corrected chi connectivity index (χ0v) is 16.0. The Hall–Kier alpha value is -2.67. The number of carbonyl (C=O) groups excluding carboxylic acids is 1. The summed E-state index contributed by atoms with van der Waals surface area (Å²) >= 11 is 3.45. The fourth-order valence-electron chi connectivity index (χ4n) is 2.55. The number of hydrogen-bond acceptors (Lipinski definition) is 3. The third-order valence-electron chi connectivity index (χ3n) is 3.98. The van der Waals surface area contributed by atoms with Crippen molar-refractivity contribution >= 4 is 22.0 Å². The van der Waals surface area contributed by atoms with Crippen molar-refractivity contribution in [1.82, 2.24) is 25.4 Å². The first kappa shape index (κ1) is 18.1. The van der Waals surface area contributed by atoms with E-state index in [1.165, 1.54) is 6.33 Å². The number of urea groups is 1. The Morgan fingerprint density at radius 3 is 2.65 bits per heavy atom. The van der Waals surface area contributed by atoms with Crippen LogP contribution in [0, 0.1) is 0 Å². The van der Waals surface area contributed by atoms with E-state index >= 15 is 0 Å². The quantitative estimate of drug-likeness (QED) is 0.647. The molecule has 134 valence electrons. The summed E-state index contributed by atoms with van der Waals surface area (Å²) in [7, 11) is 0. The lowest BCUT2D eigenvalue weighted by atomic mass is 10.1. The van der Waals surface area contributed by atoms with E-state index in [0.717, 1.165) is 21.2 Å². The monoisotopic (exact) mass is 413 g/mol. The number of nitrogens with zero attached hydrogens (tertiary/aromatic N) is 3. The molecule has 1 atom stereocenters. The summed E-state index contributed by atoms with van der Waals surface area (Å²) in [6.07, 6.45) is 3.21. The van der Waals surface area contributed by atoms with Crippen LogP contribution in [0.15, 0.2) is 65.7 Å². The lowest BCUT2D eigenvalue weighted by molar-refractivity contribution is 0.237. The van der Waals surface area contributed by atoms with Crippen LogP contribution in [0.3, 0.4) is 0 Å². The van der Waals surface area contributed by atoms with Gasteiger partial charge in [0.2, 0.25) is 0 Å². The number of aromatic nitrogens is 3. The Balaban J connectivity index is 1.48. The van der Waals surface area contributed by atoms with E-state index in [1.54, 1.807) is 11.0 Å². The molecule has 0 saturated carbocycles. The van der Waals surface area contributed by atoms with Crippen LogP contribution in [0.25, 0.3) is 0 Å². The third kappa shape index (κ3) is 5.16. The molecule has 0 aliphatic carbocycles. The van der Waals surface area contributed by atoms with Gasteiger partial charge in [-0.2, -0.15) is 5.10 Å². The van der Waals surface area contributed by atoms with Gasteiger partial charge >= 0.3 is 6.03 Å². The van der Waals surface area contributed by atoms with Crippen LogP contribution in [-0.2, 0) is 13.1 Å². The molecule has 0 aliphatic rings. The summed E-state index contributed by atoms with van der Waals surface area (Å²) in [5.74, 6) is 0. The van der Waals surface area contributed by atoms with E-state index in [9.17, 15) is 4.79 Å². The fourth-order valence-corrected chi connectivity index (χ4v) is 2.97. The maximum Gasteiger partial charge on any atom is 0.315 e. The van der Waals surface area contributed by atoms with E-state index < -0.39 is 0 Å². The molecule has 1 heterocycles. The summed E-state index contributed by atoms with van der Waals surface area (Å²) in [6.45, 7) is 3.11. The Morgan fingerprint density at radius 1 is 1.19 bits per heavy atom. The van der Waals surface area contributed by atoms with Gasteiger partial charge < -0.3 is 10.6 Å². The second-order valence-corrected chi connectivity index (χ2v) is 6.93. The number of benzene rings is 2. The lowest BCUT2D eigenvalue weighted by Gasteiger charge is -2.15. The van der Waals surface area contributed by atoms with Crippen LogP contribution in [0.2, 0.25) is 0 Å². The minimum Gasteiger partial charge on any atom is -0.334 e. The summed E-state index contributed by atoms with van der Waals surface area (Å²) in [4.78, 5) is 16.0. The highest BCUT2D eigenvalue weighted by atomic mass is 79.9. The van der Waals surface area contributed by atoms with Crippen molar-refractivity contribution in [2.75, 3.05) is 0 Å². The van der Waals surface area contributed by atoms with Gasteiger partial charge in [-0.05, 0) is 35.7 Å². The van der Waals surface area contributed by atoms with Crippen molar-refractivity contribution in [3.63, 3.8) is 0 Å². The molecule has 0 aliphatic heterocycles. The topological polar surface area (TPSA) is 71.8 Å². The Morgan fingerprint density at radius 2 is 1.96 bits per heavy atom. The zero-order valence-electron chi connectivity index (χ0n) is 14.4. The van der Waals surface area contributed by atoms with Crippen molar-refractivity contribution in [2.45, 2.75) is 26.1 Å². The molecule has 3 rings (SSSR count). The largest absolute Gasteiger partial charge is 0.334 e. The third-order valence-corrected chi connectivity index (χ3v) is 4.48. The van der Waals surface area contributed by atoms with Gasteiger partial charge in [-0.15, -0.1) is 0 Å². The van der Waals surface area contributed by atoms with Crippen LogP contribution in [0.5, 0.6) is 0 Å². The molecule has 7 heteroatoms. The predicted molar refractivity (Wildman–Crippen MR) is 103 cm³/mol. The molecule has 0 saturated heterocycles. The number of halogens is 1. The SMILES string of the molecule is CC(NC(=O)NCc1ccc(Cn2cncn2)cc1)c1cccc(Br)c1. The molecular formula is C19H20BrN5O. The molecule has 0 radical (unpaired) electrons. The van der Waals surface area contributed by atoms with Gasteiger partial charge in [0.25, 0.3) is 0 Å². The van der Waals surface area contributed by atoms with E-state index in [4.69, 9.17) is 0 Å². The van der Waals surface area contributed by atoms with Crippen molar-refractivity contribution in [3.8, 4) is 0 Å². The highest BCUT2D eigenvalue weighted by Gasteiger charge is 2.09. The second-order valence-electron chi connectivity index (χ2n) is 6.01. The smallest absolute Gasteiger partial charge is 0.315 e. The summed E-state index contributed by atoms with van der Waals surface area (Å²) in [5, 5.41) is 9.92. The number of hydrogen-bond donors (Lipinski definition) is 2. The lowest BCUT2D eigenvalue weighted by Crippen LogP contribution is -2.36. The molecular weight excluding hydrogens is 394 g/mol. The van der Waals surface area contributed by atoms with Gasteiger partial charge in [-0.25, -0.2) is 14.5 Å². The molecule has 3 aromatic rings. The molecule has 2 amide bonds. The fraction of sp³-hybridized carbons (Fsp3) is 0.211. The first-order chi connectivity index (χ1) is 12.6. The van der Waals surface area contributed by atoms with E-state index in [0.29, 0.717) is 13.1 Å². The maximum atomic E-state index is 12.1. The van der Waals surface area contributed by atoms with Crippen LogP contribution in [0.1, 0.15) is 29.7 Å². The van der Waals surface area contributed by atoms with Gasteiger partial charge in [-0.1, -0.05) is 52.3 Å². The van der Waals surface area contributed by atoms with Crippen molar-refractivity contribution in [2.24, 2.45) is 0 Å². The van der Waals surface area contributed by atoms with Crippen LogP contribution in [0.4, 0.5) is 4.79 Å². The number of rotatable bonds is 6. The normalized spacial score (nSPS) is 11.8. The van der Waals surface area contributed by atoms with Gasteiger partial charge in [0.05, 0.1) is 12.6 Å². The molecule has 1 unspecified atom stereocenters. The van der Waals surface area contributed by atoms with Crippen LogP contribution >= 0.6 is 15.9 Å². The van der Waals surface area contributed by atoms with Gasteiger partial charge in [0.1, 0.15) is 12.7 Å². The average molecular weight is 414 g/mol. The molecule has 0 bridgehead atoms. The molecule has 0 spiro atoms. The number of carbonyl (C=O) groups is 1. The van der Waals surface area contributed by atoms with E-state index in [-0.39, 0.29) is 12.1 Å². The van der Waals surface area contributed by atoms with E-state index in [1.807, 2.05) is 55.5 Å². The first-order valence-corrected chi connectivity index (χ1v) is 9.09. The zero-order chi connectivity index (χ0) is 18.4. The molecule has 2 N–H and O–H groups in total. The van der Waals surface area contributed by atoms with Crippen LogP contribution in [-0.4, -0.2) is 20.8 Å². The molecule has 0 fully saturated rings. The van der Waals surface area contributed by atoms with Crippen molar-refractivity contribution in [3.05, 3.63) is 82.3 Å². The summed E-state index contributed by atoms with van der Waals surface area (Å²) < 4.78 is 2.76. The molecule has 2 aromatic carbocycles. The highest BCUT2D eigenvalue weighted by Crippen LogP contribution is 2.17. The minimum atomic E-state index is -0.191. The summed E-state index contributed by atoms with van der Waals surface area (Å²) in [5.41, 5.74) is 3.22. The Bertz CT molecular complexity index is 849. The van der Waals surface area contributed by atoms with Gasteiger partial charge in [-0.3, -0.25) is 0 Å². The first-order valence-electron chi connectivity index (χ1n) is 8.30. The minimum absolute atomic E-state index is 0.0717. The molecule has 1 aromatic heterocycles. The highest BCUT2D eigenvalue weighted by molar-refractivity contribution is 9.10. The Labute approximate surface area is 160 Å². The predicted octanol–water partition coefficient (Wildman–Crippen LogP) is 3.65. The van der Waals surface area contributed by atoms with Gasteiger partial charge in [0, 0.05) is 11.0 Å². The number of amides is 2. The Kier molecular flexibility index (Phi) is 6.01. The number of nitrogens with one attached hydrogen (secondary N) is 2. The standard InChI is InChI=1S/C19H20BrN5O/c1-14(17-3-2-4-18(20)9-17)24-19(26)22-10-15-5-7-16(8-6-15)11-25-13-21-12-23-25/h2-9,12-14H,10-11H2,1H3,(H2,22,24,26). The second kappa shape index (κ2) is 8.62. The average Bonchev–Trinajstić information content (AvgIpc) is 3.14. The van der Waals surface area contributed by atoms with Crippen molar-refractivity contribution < 1.29 is 4.79 Å². The summed E-state index contributed by atoms with van der Waals surface area (Å²) in [6, 6.07) is 15.7. The van der Waals surface area contributed by atoms with Gasteiger partial charge in [0.15, 0.2) is 0 Å². The molecule has 26 heavy (non-hydrogen) atoms. The molecule has 6 nitrogen and oxygen atoms in total. The maximum absolute atomic E-state index is 12.1. The van der Waals surface area contributed by atoms with Crippen molar-refractivity contribution in [1.29, 1.82) is 0 Å². The van der Waals surface area contributed by atoms with E-state index in [2.05, 4.69) is 36.6 Å².